The molecule has 1 aliphatic heterocycles. The molecule has 0 unspecified atom stereocenters. The van der Waals surface area contributed by atoms with Crippen molar-refractivity contribution in [1.82, 2.24) is 10.4 Å². The summed E-state index contributed by atoms with van der Waals surface area (Å²) in [5.41, 5.74) is 2.56. The lowest BCUT2D eigenvalue weighted by atomic mass is 10.7. The Morgan fingerprint density at radius 1 is 1.83 bits per heavy atom. The Morgan fingerprint density at radius 2 is 2.83 bits per heavy atom. The third-order valence-corrected chi connectivity index (χ3v) is 0.502. The fourth-order valence-corrected chi connectivity index (χ4v) is 0.268. The van der Waals surface area contributed by atoms with E-state index in [-0.39, 0.29) is 0 Å². The Morgan fingerprint density at radius 3 is 3.00 bits per heavy atom. The number of aliphatic imine (C=N–C) groups is 1. The summed E-state index contributed by atoms with van der Waals surface area (Å²) in [6.45, 7) is 0.715. The molecule has 0 spiro atoms. The van der Waals surface area contributed by atoms with E-state index in [2.05, 4.69) is 15.5 Å². The number of rotatable bonds is 0. The van der Waals surface area contributed by atoms with Gasteiger partial charge < -0.3 is 0 Å². The lowest BCUT2D eigenvalue weighted by Gasteiger charge is -1.79. The number of nitrogens with one attached hydrogen (secondary N) is 1. The predicted molar refractivity (Wildman–Crippen MR) is 24.7 cm³/mol. The van der Waals surface area contributed by atoms with Crippen LogP contribution in [0.2, 0.25) is 0 Å². The van der Waals surface area contributed by atoms with Crippen LogP contribution in [0.25, 0.3) is 0 Å². The van der Waals surface area contributed by atoms with Gasteiger partial charge in [0, 0.05) is 0 Å². The standard InChI is InChI=1S/C3H5N3/c1-2-5-6-3-4-1/h2-3,6H,1H2/q+1. The highest BCUT2D eigenvalue weighted by molar-refractivity contribution is 5.67. The highest BCUT2D eigenvalue weighted by Gasteiger charge is 1.86. The molecular formula is C3H5N3+. The van der Waals surface area contributed by atoms with Crippen LogP contribution in [0, 0.1) is 0 Å². The molecule has 1 heterocycles. The van der Waals surface area contributed by atoms with Gasteiger partial charge >= 0.3 is 0 Å². The lowest BCUT2D eigenvalue weighted by molar-refractivity contribution is 0.976. The fourth-order valence-electron chi connectivity index (χ4n) is 0.268. The van der Waals surface area contributed by atoms with E-state index in [9.17, 15) is 0 Å². The topological polar surface area (TPSA) is 38.5 Å². The van der Waals surface area contributed by atoms with Crippen molar-refractivity contribution < 1.29 is 0 Å². The molecule has 0 amide bonds. The van der Waals surface area contributed by atoms with Crippen molar-refractivity contribution >= 4 is 12.6 Å². The number of nitrogens with zero attached hydrogens (tertiary/aromatic N) is 2. The molecule has 0 saturated carbocycles. The van der Waals surface area contributed by atoms with Crippen LogP contribution in [-0.2, 0) is 0 Å². The zero-order chi connectivity index (χ0) is 4.24. The van der Waals surface area contributed by atoms with Gasteiger partial charge in [-0.2, -0.15) is 5.43 Å². The van der Waals surface area contributed by atoms with E-state index in [0.29, 0.717) is 6.54 Å². The minimum absolute atomic E-state index is 0.715. The highest BCUT2D eigenvalue weighted by Crippen LogP contribution is 1.55. The molecule has 1 N–H and O–H groups in total. The summed E-state index contributed by atoms with van der Waals surface area (Å²) >= 11 is 0. The van der Waals surface area contributed by atoms with E-state index in [1.807, 2.05) is 0 Å². The van der Waals surface area contributed by atoms with Gasteiger partial charge in [-0.05, 0) is 0 Å². The SMILES string of the molecule is C1=NNC=[N+]C1. The van der Waals surface area contributed by atoms with Gasteiger partial charge in [-0.3, -0.25) is 0 Å². The molecule has 6 heavy (non-hydrogen) atoms. The van der Waals surface area contributed by atoms with Crippen molar-refractivity contribution in [2.75, 3.05) is 6.54 Å². The molecule has 1 aliphatic rings. The number of hydrogen-bond acceptors (Lipinski definition) is 3. The van der Waals surface area contributed by atoms with Crippen molar-refractivity contribution in [1.29, 1.82) is 0 Å². The molecule has 1 radical (unpaired) electrons. The first-order chi connectivity index (χ1) is 3.00. The monoisotopic (exact) mass is 83.0 g/mol. The fraction of sp³-hybridized carbons (Fsp3) is 0.333. The summed E-state index contributed by atoms with van der Waals surface area (Å²) in [7, 11) is 0. The second kappa shape index (κ2) is 1.55. The van der Waals surface area contributed by atoms with E-state index in [1.54, 1.807) is 12.6 Å². The summed E-state index contributed by atoms with van der Waals surface area (Å²) < 4.78 is 0. The van der Waals surface area contributed by atoms with Crippen LogP contribution in [0.1, 0.15) is 0 Å². The average molecular weight is 83.1 g/mol. The van der Waals surface area contributed by atoms with Crippen LogP contribution in [0.15, 0.2) is 5.10 Å². The highest BCUT2D eigenvalue weighted by atomic mass is 15.3. The maximum atomic E-state index is 3.79. The molecular weight excluding hydrogens is 78.1 g/mol. The number of hydrogen-bond donors (Lipinski definition) is 1. The Labute approximate surface area is 35.8 Å². The van der Waals surface area contributed by atoms with Crippen LogP contribution < -0.4 is 10.4 Å². The van der Waals surface area contributed by atoms with Crippen LogP contribution in [0.3, 0.4) is 0 Å². The van der Waals surface area contributed by atoms with Gasteiger partial charge in [0.1, 0.15) is 0 Å². The summed E-state index contributed by atoms with van der Waals surface area (Å²) in [6, 6.07) is 0. The van der Waals surface area contributed by atoms with E-state index in [1.165, 1.54) is 0 Å². The van der Waals surface area contributed by atoms with Gasteiger partial charge in [0.05, 0.1) is 6.21 Å². The molecule has 0 aliphatic carbocycles. The molecule has 0 saturated heterocycles. The average Bonchev–Trinajstić information content (AvgIpc) is 1.72. The smallest absolute Gasteiger partial charge is 0.152 e. The maximum Gasteiger partial charge on any atom is 0.298 e. The van der Waals surface area contributed by atoms with Crippen molar-refractivity contribution in [2.45, 2.75) is 0 Å². The molecule has 0 aromatic rings. The zero-order valence-electron chi connectivity index (χ0n) is 3.26. The first-order valence-corrected chi connectivity index (χ1v) is 1.75. The third-order valence-electron chi connectivity index (χ3n) is 0.502. The molecule has 1 rings (SSSR count). The molecule has 3 heteroatoms. The first kappa shape index (κ1) is 3.33. The molecule has 0 aromatic carbocycles. The Kier molecular flexibility index (Phi) is 0.859. The normalized spacial score (nSPS) is 17.3. The quantitative estimate of drug-likeness (QED) is 0.398. The number of hydrazone groups is 1. The van der Waals surface area contributed by atoms with E-state index >= 15 is 0 Å². The molecule has 0 fully saturated rings. The molecule has 0 atom stereocenters. The summed E-state index contributed by atoms with van der Waals surface area (Å²) in [6.07, 6.45) is 3.28. The minimum Gasteiger partial charge on any atom is -0.152 e. The van der Waals surface area contributed by atoms with Gasteiger partial charge in [-0.1, -0.05) is 10.1 Å². The summed E-state index contributed by atoms with van der Waals surface area (Å²) in [5, 5.41) is 3.65. The van der Waals surface area contributed by atoms with Crippen molar-refractivity contribution in [3.63, 3.8) is 0 Å². The lowest BCUT2D eigenvalue weighted by Crippen LogP contribution is -2.15. The van der Waals surface area contributed by atoms with E-state index in [4.69, 9.17) is 0 Å². The Balaban J connectivity index is 2.40. The van der Waals surface area contributed by atoms with Crippen LogP contribution >= 0.6 is 0 Å². The van der Waals surface area contributed by atoms with Crippen LogP contribution in [-0.4, -0.2) is 19.1 Å². The minimum atomic E-state index is 0.715. The van der Waals surface area contributed by atoms with Crippen molar-refractivity contribution in [3.05, 3.63) is 0 Å². The zero-order valence-corrected chi connectivity index (χ0v) is 3.26. The van der Waals surface area contributed by atoms with E-state index in [0.717, 1.165) is 0 Å². The Bertz CT molecular complexity index is 64.0. The van der Waals surface area contributed by atoms with Crippen LogP contribution in [0.5, 0.6) is 0 Å². The second-order valence-electron chi connectivity index (χ2n) is 0.935. The molecule has 31 valence electrons. The maximum absolute atomic E-state index is 3.79. The van der Waals surface area contributed by atoms with Crippen LogP contribution in [0.4, 0.5) is 0 Å². The van der Waals surface area contributed by atoms with Gasteiger partial charge in [0.25, 0.3) is 6.34 Å². The van der Waals surface area contributed by atoms with Gasteiger partial charge in [0.15, 0.2) is 6.54 Å². The Hall–Kier alpha value is -0.860. The molecule has 0 aromatic heterocycles. The van der Waals surface area contributed by atoms with E-state index < -0.39 is 0 Å². The largest absolute Gasteiger partial charge is 0.298 e. The van der Waals surface area contributed by atoms with Crippen molar-refractivity contribution in [3.8, 4) is 0 Å². The first-order valence-electron chi connectivity index (χ1n) is 1.75. The van der Waals surface area contributed by atoms with Crippen molar-refractivity contribution in [2.24, 2.45) is 5.10 Å². The second-order valence-corrected chi connectivity index (χ2v) is 0.935. The van der Waals surface area contributed by atoms with Gasteiger partial charge in [-0.25, -0.2) is 0 Å². The predicted octanol–water partition coefficient (Wildman–Crippen LogP) is -1.06. The summed E-state index contributed by atoms with van der Waals surface area (Å²) in [4.78, 5) is 3.79. The van der Waals surface area contributed by atoms with Gasteiger partial charge in [0.2, 0.25) is 0 Å². The van der Waals surface area contributed by atoms with Gasteiger partial charge in [-0.15, -0.1) is 0 Å². The third kappa shape index (κ3) is 0.544. The molecule has 3 nitrogen and oxygen atoms in total. The summed E-state index contributed by atoms with van der Waals surface area (Å²) in [5.74, 6) is 0. The molecule has 0 bridgehead atoms.